The fourth-order valence-electron chi connectivity index (χ4n) is 2.48. The van der Waals surface area contributed by atoms with Crippen LogP contribution in [-0.2, 0) is 4.74 Å². The number of unbranched alkanes of at least 4 members (excludes halogenated alkanes) is 5. The Morgan fingerprint density at radius 2 is 1.70 bits per heavy atom. The van der Waals surface area contributed by atoms with Crippen molar-refractivity contribution < 1.29 is 9.84 Å². The van der Waals surface area contributed by atoms with Crippen molar-refractivity contribution >= 4 is 0 Å². The number of nitrogens with one attached hydrogen (secondary N) is 1. The fourth-order valence-corrected chi connectivity index (χ4v) is 2.48. The van der Waals surface area contributed by atoms with Gasteiger partial charge in [-0.3, -0.25) is 0 Å². The molecule has 122 valence electrons. The molecule has 0 rings (SSSR count). The zero-order valence-corrected chi connectivity index (χ0v) is 14.2. The van der Waals surface area contributed by atoms with Crippen LogP contribution in [0.1, 0.15) is 79.1 Å². The van der Waals surface area contributed by atoms with Crippen LogP contribution in [0, 0.1) is 0 Å². The highest BCUT2D eigenvalue weighted by atomic mass is 16.5. The van der Waals surface area contributed by atoms with E-state index >= 15 is 0 Å². The maximum atomic E-state index is 9.53. The van der Waals surface area contributed by atoms with Crippen LogP contribution < -0.4 is 5.32 Å². The molecule has 2 unspecified atom stereocenters. The molecule has 3 heteroatoms. The van der Waals surface area contributed by atoms with Gasteiger partial charge in [-0.25, -0.2) is 0 Å². The van der Waals surface area contributed by atoms with Gasteiger partial charge in [-0.15, -0.1) is 0 Å². The quantitative estimate of drug-likeness (QED) is 0.476. The molecule has 0 spiro atoms. The Morgan fingerprint density at radius 1 is 1.05 bits per heavy atom. The highest BCUT2D eigenvalue weighted by Gasteiger charge is 2.25. The minimum atomic E-state index is -0.212. The van der Waals surface area contributed by atoms with Crippen LogP contribution >= 0.6 is 0 Å². The molecule has 0 heterocycles. The van der Waals surface area contributed by atoms with Crippen molar-refractivity contribution in [1.29, 1.82) is 0 Å². The number of aliphatic hydroxyl groups is 1. The van der Waals surface area contributed by atoms with Crippen molar-refractivity contribution in [3.05, 3.63) is 0 Å². The van der Waals surface area contributed by atoms with Gasteiger partial charge in [-0.2, -0.15) is 0 Å². The van der Waals surface area contributed by atoms with Gasteiger partial charge in [0.2, 0.25) is 0 Å². The monoisotopic (exact) mass is 287 g/mol. The lowest BCUT2D eigenvalue weighted by molar-refractivity contribution is 0.0263. The Bertz CT molecular complexity index is 211. The van der Waals surface area contributed by atoms with Crippen molar-refractivity contribution in [1.82, 2.24) is 5.32 Å². The van der Waals surface area contributed by atoms with Crippen molar-refractivity contribution in [2.45, 2.75) is 90.7 Å². The number of hydrogen-bond donors (Lipinski definition) is 2. The number of ether oxygens (including phenoxy) is 1. The molecular formula is C17H37NO2. The average Bonchev–Trinajstić information content (AvgIpc) is 2.44. The molecule has 0 aliphatic carbocycles. The van der Waals surface area contributed by atoms with Gasteiger partial charge >= 0.3 is 0 Å². The first-order valence-corrected chi connectivity index (χ1v) is 8.55. The van der Waals surface area contributed by atoms with Gasteiger partial charge in [0.15, 0.2) is 0 Å². The molecule has 0 aromatic rings. The molecule has 2 N–H and O–H groups in total. The number of hydrogen-bond acceptors (Lipinski definition) is 3. The molecule has 0 aliphatic rings. The van der Waals surface area contributed by atoms with E-state index in [2.05, 4.69) is 33.0 Å². The third kappa shape index (κ3) is 10.6. The van der Waals surface area contributed by atoms with Gasteiger partial charge in [-0.1, -0.05) is 46.0 Å². The van der Waals surface area contributed by atoms with E-state index < -0.39 is 0 Å². The second kappa shape index (κ2) is 12.6. The molecule has 0 aromatic carbocycles. The fraction of sp³-hybridized carbons (Fsp3) is 1.00. The SMILES string of the molecule is CCCCCCCCOC(C)CC(C)(CO)NCCC. The summed E-state index contributed by atoms with van der Waals surface area (Å²) in [5.74, 6) is 0. The van der Waals surface area contributed by atoms with E-state index in [0.717, 1.165) is 32.4 Å². The second-order valence-electron chi connectivity index (χ2n) is 6.30. The van der Waals surface area contributed by atoms with Crippen LogP contribution in [0.4, 0.5) is 0 Å². The van der Waals surface area contributed by atoms with Crippen LogP contribution in [0.25, 0.3) is 0 Å². The first-order valence-electron chi connectivity index (χ1n) is 8.55. The molecule has 0 aliphatic heterocycles. The van der Waals surface area contributed by atoms with Crippen molar-refractivity contribution in [3.8, 4) is 0 Å². The molecule has 0 radical (unpaired) electrons. The van der Waals surface area contributed by atoms with E-state index in [4.69, 9.17) is 4.74 Å². The first-order chi connectivity index (χ1) is 9.58. The minimum Gasteiger partial charge on any atom is -0.394 e. The Labute approximate surface area is 126 Å². The van der Waals surface area contributed by atoms with Crippen LogP contribution in [0.3, 0.4) is 0 Å². The van der Waals surface area contributed by atoms with Gasteiger partial charge in [0.05, 0.1) is 12.7 Å². The molecule has 20 heavy (non-hydrogen) atoms. The maximum Gasteiger partial charge on any atom is 0.0611 e. The molecule has 0 saturated carbocycles. The third-order valence-electron chi connectivity index (χ3n) is 3.79. The van der Waals surface area contributed by atoms with Gasteiger partial charge in [-0.05, 0) is 39.7 Å². The zero-order chi connectivity index (χ0) is 15.3. The molecule has 3 nitrogen and oxygen atoms in total. The lowest BCUT2D eigenvalue weighted by atomic mass is 9.95. The molecule has 0 amide bonds. The van der Waals surface area contributed by atoms with E-state index in [1.807, 2.05) is 0 Å². The van der Waals surface area contributed by atoms with Crippen LogP contribution in [0.15, 0.2) is 0 Å². The highest BCUT2D eigenvalue weighted by molar-refractivity contribution is 4.84. The Kier molecular flexibility index (Phi) is 12.5. The Morgan fingerprint density at radius 3 is 2.30 bits per heavy atom. The summed E-state index contributed by atoms with van der Waals surface area (Å²) >= 11 is 0. The molecule has 0 bridgehead atoms. The molecular weight excluding hydrogens is 250 g/mol. The van der Waals surface area contributed by atoms with E-state index in [1.165, 1.54) is 32.1 Å². The first kappa shape index (κ1) is 19.9. The molecule has 2 atom stereocenters. The topological polar surface area (TPSA) is 41.5 Å². The van der Waals surface area contributed by atoms with Crippen LogP contribution in [0.5, 0.6) is 0 Å². The van der Waals surface area contributed by atoms with E-state index in [-0.39, 0.29) is 18.2 Å². The minimum absolute atomic E-state index is 0.164. The lowest BCUT2D eigenvalue weighted by Crippen LogP contribution is -2.48. The van der Waals surface area contributed by atoms with Crippen LogP contribution in [-0.4, -0.2) is 36.5 Å². The number of aliphatic hydroxyl groups excluding tert-OH is 1. The van der Waals surface area contributed by atoms with Crippen molar-refractivity contribution in [2.24, 2.45) is 0 Å². The summed E-state index contributed by atoms with van der Waals surface area (Å²) < 4.78 is 5.87. The smallest absolute Gasteiger partial charge is 0.0611 e. The summed E-state index contributed by atoms with van der Waals surface area (Å²) in [6.45, 7) is 10.5. The Balaban J connectivity index is 3.66. The number of rotatable bonds is 14. The van der Waals surface area contributed by atoms with Crippen LogP contribution in [0.2, 0.25) is 0 Å². The van der Waals surface area contributed by atoms with E-state index in [1.54, 1.807) is 0 Å². The molecule has 0 saturated heterocycles. The molecule has 0 aromatic heterocycles. The maximum absolute atomic E-state index is 9.53. The summed E-state index contributed by atoms with van der Waals surface area (Å²) in [4.78, 5) is 0. The summed E-state index contributed by atoms with van der Waals surface area (Å²) in [6.07, 6.45) is 9.93. The lowest BCUT2D eigenvalue weighted by Gasteiger charge is -2.31. The zero-order valence-electron chi connectivity index (χ0n) is 14.2. The highest BCUT2D eigenvalue weighted by Crippen LogP contribution is 2.15. The van der Waals surface area contributed by atoms with E-state index in [0.29, 0.717) is 0 Å². The van der Waals surface area contributed by atoms with Gasteiger partial charge in [0.1, 0.15) is 0 Å². The largest absolute Gasteiger partial charge is 0.394 e. The van der Waals surface area contributed by atoms with Crippen molar-refractivity contribution in [2.75, 3.05) is 19.8 Å². The summed E-state index contributed by atoms with van der Waals surface area (Å²) in [7, 11) is 0. The molecule has 0 fully saturated rings. The standard InChI is InChI=1S/C17H37NO2/c1-5-7-8-9-10-11-13-20-16(3)14-17(4,15-19)18-12-6-2/h16,18-19H,5-15H2,1-4H3. The average molecular weight is 287 g/mol. The summed E-state index contributed by atoms with van der Waals surface area (Å²) in [6, 6.07) is 0. The van der Waals surface area contributed by atoms with Gasteiger partial charge in [0, 0.05) is 12.1 Å². The van der Waals surface area contributed by atoms with Gasteiger partial charge < -0.3 is 15.2 Å². The van der Waals surface area contributed by atoms with Crippen molar-refractivity contribution in [3.63, 3.8) is 0 Å². The second-order valence-corrected chi connectivity index (χ2v) is 6.30. The summed E-state index contributed by atoms with van der Waals surface area (Å²) in [5.41, 5.74) is -0.212. The Hall–Kier alpha value is -0.120. The summed E-state index contributed by atoms with van der Waals surface area (Å²) in [5, 5.41) is 13.0. The van der Waals surface area contributed by atoms with Gasteiger partial charge in [0.25, 0.3) is 0 Å². The van der Waals surface area contributed by atoms with E-state index in [9.17, 15) is 5.11 Å². The predicted molar refractivity (Wildman–Crippen MR) is 87.2 cm³/mol. The normalized spacial score (nSPS) is 16.1. The predicted octanol–water partition coefficient (Wildman–Crippen LogP) is 3.89. The third-order valence-corrected chi connectivity index (χ3v) is 3.79.